The van der Waals surface area contributed by atoms with E-state index in [2.05, 4.69) is 18.7 Å². The van der Waals surface area contributed by atoms with Crippen LogP contribution in [0, 0.1) is 17.3 Å². The first-order valence-electron chi connectivity index (χ1n) is 6.58. The molecule has 92 valence electrons. The van der Waals surface area contributed by atoms with Crippen molar-refractivity contribution >= 4 is 0 Å². The largest absolute Gasteiger partial charge is 0.378 e. The number of hydrogen-bond acceptors (Lipinski definition) is 2. The maximum Gasteiger partial charge on any atom is 0.109 e. The summed E-state index contributed by atoms with van der Waals surface area (Å²) in [6, 6.07) is 0. The second-order valence-corrected chi connectivity index (χ2v) is 6.33. The Kier molecular flexibility index (Phi) is 2.52. The summed E-state index contributed by atoms with van der Waals surface area (Å²) in [5.41, 5.74) is 0.423. The third-order valence-corrected chi connectivity index (χ3v) is 4.40. The summed E-state index contributed by atoms with van der Waals surface area (Å²) < 4.78 is 18.8. The molecule has 2 saturated carbocycles. The lowest BCUT2D eigenvalue weighted by Gasteiger charge is -2.25. The van der Waals surface area contributed by atoms with E-state index < -0.39 is 6.17 Å². The molecule has 3 rings (SSSR count). The molecule has 1 aliphatic heterocycles. The van der Waals surface area contributed by atoms with Gasteiger partial charge in [-0.1, -0.05) is 0 Å². The lowest BCUT2D eigenvalue weighted by atomic mass is 10.1. The first-order valence-corrected chi connectivity index (χ1v) is 6.58. The van der Waals surface area contributed by atoms with Crippen LogP contribution >= 0.6 is 0 Å². The van der Waals surface area contributed by atoms with Crippen LogP contribution in [0.4, 0.5) is 4.39 Å². The maximum atomic E-state index is 13.0. The number of ether oxygens (including phenoxy) is 1. The Morgan fingerprint density at radius 3 is 2.44 bits per heavy atom. The third kappa shape index (κ3) is 2.00. The van der Waals surface area contributed by atoms with Crippen LogP contribution in [0.5, 0.6) is 0 Å². The predicted octanol–water partition coefficient (Wildman–Crippen LogP) is 2.09. The van der Waals surface area contributed by atoms with E-state index in [0.29, 0.717) is 23.4 Å². The van der Waals surface area contributed by atoms with Crippen LogP contribution in [0.1, 0.15) is 26.7 Å². The molecular formula is C13H22FNO. The standard InChI is InChI=1S/C13H22FNO/c1-9(2)16-8-13(3-4-13)7-15-5-10-11(6-15)12(10)14/h9-12H,3-8H2,1-2H3. The Morgan fingerprint density at radius 1 is 1.31 bits per heavy atom. The zero-order valence-corrected chi connectivity index (χ0v) is 10.3. The molecule has 2 aliphatic carbocycles. The van der Waals surface area contributed by atoms with Crippen molar-refractivity contribution in [2.75, 3.05) is 26.2 Å². The number of hydrogen-bond donors (Lipinski definition) is 0. The van der Waals surface area contributed by atoms with Gasteiger partial charge in [0.25, 0.3) is 0 Å². The van der Waals surface area contributed by atoms with Gasteiger partial charge in [0, 0.05) is 36.9 Å². The van der Waals surface area contributed by atoms with Gasteiger partial charge >= 0.3 is 0 Å². The molecular weight excluding hydrogens is 205 g/mol. The van der Waals surface area contributed by atoms with Crippen molar-refractivity contribution in [1.82, 2.24) is 4.90 Å². The van der Waals surface area contributed by atoms with Crippen molar-refractivity contribution in [3.05, 3.63) is 0 Å². The van der Waals surface area contributed by atoms with Crippen molar-refractivity contribution in [2.45, 2.75) is 39.0 Å². The summed E-state index contributed by atoms with van der Waals surface area (Å²) in [5, 5.41) is 0. The van der Waals surface area contributed by atoms with E-state index in [1.807, 2.05) is 0 Å². The van der Waals surface area contributed by atoms with Gasteiger partial charge < -0.3 is 9.64 Å². The zero-order valence-electron chi connectivity index (χ0n) is 10.3. The van der Waals surface area contributed by atoms with Crippen molar-refractivity contribution in [3.63, 3.8) is 0 Å². The average Bonchev–Trinajstić information content (AvgIpc) is 3.04. The van der Waals surface area contributed by atoms with Gasteiger partial charge in [-0.2, -0.15) is 0 Å². The highest BCUT2D eigenvalue weighted by atomic mass is 19.1. The van der Waals surface area contributed by atoms with Gasteiger partial charge in [0.15, 0.2) is 0 Å². The number of alkyl halides is 1. The molecule has 0 spiro atoms. The van der Waals surface area contributed by atoms with Crippen LogP contribution in [-0.4, -0.2) is 43.4 Å². The van der Waals surface area contributed by atoms with E-state index >= 15 is 0 Å². The predicted molar refractivity (Wildman–Crippen MR) is 61.1 cm³/mol. The molecule has 0 aromatic heterocycles. The molecule has 0 radical (unpaired) electrons. The molecule has 0 bridgehead atoms. The minimum Gasteiger partial charge on any atom is -0.378 e. The van der Waals surface area contributed by atoms with E-state index in [9.17, 15) is 4.39 Å². The van der Waals surface area contributed by atoms with Crippen molar-refractivity contribution in [2.24, 2.45) is 17.3 Å². The lowest BCUT2D eigenvalue weighted by molar-refractivity contribution is 0.0316. The lowest BCUT2D eigenvalue weighted by Crippen LogP contribution is -2.34. The Balaban J connectivity index is 1.45. The maximum absolute atomic E-state index is 13.0. The van der Waals surface area contributed by atoms with Gasteiger partial charge in [-0.3, -0.25) is 0 Å². The Hall–Kier alpha value is -0.150. The van der Waals surface area contributed by atoms with Gasteiger partial charge in [-0.05, 0) is 26.7 Å². The minimum atomic E-state index is -0.474. The molecule has 2 unspecified atom stereocenters. The van der Waals surface area contributed by atoms with E-state index in [1.54, 1.807) is 0 Å². The zero-order chi connectivity index (χ0) is 11.3. The van der Waals surface area contributed by atoms with Gasteiger partial charge in [-0.25, -0.2) is 4.39 Å². The number of halogens is 1. The Labute approximate surface area is 97.1 Å². The molecule has 2 nitrogen and oxygen atoms in total. The summed E-state index contributed by atoms with van der Waals surface area (Å²) in [7, 11) is 0. The second-order valence-electron chi connectivity index (χ2n) is 6.33. The van der Waals surface area contributed by atoms with Crippen molar-refractivity contribution in [1.29, 1.82) is 0 Å². The number of likely N-dealkylation sites (tertiary alicyclic amines) is 1. The average molecular weight is 227 g/mol. The number of fused-ring (bicyclic) bond motifs is 1. The summed E-state index contributed by atoms with van der Waals surface area (Å²) in [4.78, 5) is 2.46. The third-order valence-electron chi connectivity index (χ3n) is 4.40. The highest BCUT2D eigenvalue weighted by molar-refractivity contribution is 5.08. The SMILES string of the molecule is CC(C)OCC1(CN2CC3C(F)C3C2)CC1. The van der Waals surface area contributed by atoms with Crippen LogP contribution in [-0.2, 0) is 4.74 Å². The number of piperidine rings is 1. The fourth-order valence-electron chi connectivity index (χ4n) is 3.01. The first kappa shape index (κ1) is 11.0. The molecule has 3 fully saturated rings. The number of nitrogens with zero attached hydrogens (tertiary/aromatic N) is 1. The van der Waals surface area contributed by atoms with Crippen molar-refractivity contribution < 1.29 is 9.13 Å². The number of rotatable bonds is 5. The monoisotopic (exact) mass is 227 g/mol. The van der Waals surface area contributed by atoms with Gasteiger partial charge in [0.05, 0.1) is 12.7 Å². The quantitative estimate of drug-likeness (QED) is 0.713. The molecule has 0 aromatic carbocycles. The Morgan fingerprint density at radius 2 is 1.94 bits per heavy atom. The summed E-state index contributed by atoms with van der Waals surface area (Å²) >= 11 is 0. The molecule has 3 aliphatic rings. The topological polar surface area (TPSA) is 12.5 Å². The van der Waals surface area contributed by atoms with Crippen LogP contribution in [0.15, 0.2) is 0 Å². The van der Waals surface area contributed by atoms with E-state index in [-0.39, 0.29) is 0 Å². The fraction of sp³-hybridized carbons (Fsp3) is 1.00. The summed E-state index contributed by atoms with van der Waals surface area (Å²) in [5.74, 6) is 0.753. The molecule has 0 amide bonds. The van der Waals surface area contributed by atoms with Gasteiger partial charge in [-0.15, -0.1) is 0 Å². The summed E-state index contributed by atoms with van der Waals surface area (Å²) in [6.07, 6.45) is 2.45. The van der Waals surface area contributed by atoms with E-state index in [1.165, 1.54) is 12.8 Å². The van der Waals surface area contributed by atoms with E-state index in [0.717, 1.165) is 26.2 Å². The van der Waals surface area contributed by atoms with Gasteiger partial charge in [0.2, 0.25) is 0 Å². The Bertz CT molecular complexity index is 265. The van der Waals surface area contributed by atoms with Crippen LogP contribution in [0.2, 0.25) is 0 Å². The fourth-order valence-corrected chi connectivity index (χ4v) is 3.01. The van der Waals surface area contributed by atoms with E-state index in [4.69, 9.17) is 4.74 Å². The van der Waals surface area contributed by atoms with Gasteiger partial charge in [0.1, 0.15) is 6.17 Å². The molecule has 3 heteroatoms. The smallest absolute Gasteiger partial charge is 0.109 e. The minimum absolute atomic E-state index is 0.333. The second kappa shape index (κ2) is 3.67. The van der Waals surface area contributed by atoms with Crippen molar-refractivity contribution in [3.8, 4) is 0 Å². The molecule has 1 saturated heterocycles. The van der Waals surface area contributed by atoms with Crippen LogP contribution in [0.25, 0.3) is 0 Å². The molecule has 16 heavy (non-hydrogen) atoms. The molecule has 1 heterocycles. The normalized spacial score (nSPS) is 40.1. The molecule has 0 aromatic rings. The molecule has 2 atom stereocenters. The first-order chi connectivity index (χ1) is 7.60. The highest BCUT2D eigenvalue weighted by Gasteiger charge is 2.58. The summed E-state index contributed by atoms with van der Waals surface area (Å²) in [6.45, 7) is 8.21. The van der Waals surface area contributed by atoms with Crippen LogP contribution < -0.4 is 0 Å². The molecule has 0 N–H and O–H groups in total. The highest BCUT2D eigenvalue weighted by Crippen LogP contribution is 2.52. The van der Waals surface area contributed by atoms with Crippen LogP contribution in [0.3, 0.4) is 0 Å².